The van der Waals surface area contributed by atoms with Gasteiger partial charge < -0.3 is 18.8 Å². The number of aromatic nitrogens is 2. The Morgan fingerprint density at radius 1 is 1.18 bits per heavy atom. The van der Waals surface area contributed by atoms with Crippen molar-refractivity contribution < 1.29 is 13.9 Å². The number of hydrogen-bond acceptors (Lipinski definition) is 3. The topological polar surface area (TPSA) is 56.5 Å². The van der Waals surface area contributed by atoms with Gasteiger partial charge in [-0.25, -0.2) is 4.39 Å². The summed E-state index contributed by atoms with van der Waals surface area (Å²) in [6, 6.07) is 6.24. The molecule has 1 aromatic carbocycles. The van der Waals surface area contributed by atoms with Gasteiger partial charge in [-0.1, -0.05) is 17.7 Å². The minimum absolute atomic E-state index is 0.00458. The Hall–Kier alpha value is -2.29. The molecule has 6 nitrogen and oxygen atoms in total. The average Bonchev–Trinajstić information content (AvgIpc) is 3.44. The van der Waals surface area contributed by atoms with E-state index in [-0.39, 0.29) is 33.9 Å². The smallest absolute Gasteiger partial charge is 0.261 e. The first-order valence-corrected chi connectivity index (χ1v) is 13.5. The van der Waals surface area contributed by atoms with Gasteiger partial charge >= 0.3 is 0 Å². The van der Waals surface area contributed by atoms with E-state index in [9.17, 15) is 14.0 Å². The largest absolute Gasteiger partial charge is 0.356 e. The number of pyridine rings is 1. The number of nitrogens with zero attached hydrogens (tertiary/aromatic N) is 3. The highest BCUT2D eigenvalue weighted by Crippen LogP contribution is 2.31. The molecular formula is C24H28ClFN3O3S+. The summed E-state index contributed by atoms with van der Waals surface area (Å²) in [5, 5.41) is 0.451. The van der Waals surface area contributed by atoms with E-state index in [0.717, 1.165) is 31.7 Å². The summed E-state index contributed by atoms with van der Waals surface area (Å²) in [7, 11) is 0.282. The molecule has 33 heavy (non-hydrogen) atoms. The van der Waals surface area contributed by atoms with Gasteiger partial charge in [0.15, 0.2) is 0 Å². The van der Waals surface area contributed by atoms with Crippen LogP contribution in [0.1, 0.15) is 12.8 Å². The van der Waals surface area contributed by atoms with Gasteiger partial charge in [-0.2, -0.15) is 0 Å². The van der Waals surface area contributed by atoms with Crippen LogP contribution in [0.15, 0.2) is 41.5 Å². The molecule has 1 aliphatic heterocycles. The van der Waals surface area contributed by atoms with E-state index in [0.29, 0.717) is 35.4 Å². The summed E-state index contributed by atoms with van der Waals surface area (Å²) >= 11 is 6.03. The van der Waals surface area contributed by atoms with Crippen LogP contribution in [0.2, 0.25) is 5.02 Å². The molecule has 2 aromatic heterocycles. The lowest BCUT2D eigenvalue weighted by atomic mass is 10.1. The van der Waals surface area contributed by atoms with Crippen molar-refractivity contribution in [1.82, 2.24) is 14.0 Å². The van der Waals surface area contributed by atoms with Crippen LogP contribution >= 0.6 is 11.6 Å². The van der Waals surface area contributed by atoms with Crippen molar-refractivity contribution in [1.29, 1.82) is 0 Å². The van der Waals surface area contributed by atoms with Gasteiger partial charge in [0.05, 0.1) is 35.0 Å². The van der Waals surface area contributed by atoms with Crippen LogP contribution < -0.4 is 5.56 Å². The van der Waals surface area contributed by atoms with Crippen molar-refractivity contribution in [3.8, 4) is 11.1 Å². The highest BCUT2D eigenvalue weighted by molar-refractivity contribution is 7.95. The molecule has 3 aromatic rings. The van der Waals surface area contributed by atoms with E-state index >= 15 is 0 Å². The Kier molecular flexibility index (Phi) is 7.46. The maximum absolute atomic E-state index is 13.8. The third kappa shape index (κ3) is 5.28. The third-order valence-electron chi connectivity index (χ3n) is 5.87. The highest BCUT2D eigenvalue weighted by Gasteiger charge is 2.21. The molecule has 1 saturated heterocycles. The third-order valence-corrected chi connectivity index (χ3v) is 7.14. The predicted octanol–water partition coefficient (Wildman–Crippen LogP) is 3.74. The minimum Gasteiger partial charge on any atom is -0.356 e. The Balaban J connectivity index is 1.73. The molecule has 0 aliphatic carbocycles. The second kappa shape index (κ2) is 10.3. The standard InChI is InChI=1S/C24H28ClFN3O3S/c1-33(2)12-11-32-16-29-14-18(17-5-6-20(26)19(25)13-17)23-21(29)7-10-28(24(23)31)15-22(30)27-8-3-4-9-27/h5-7,10,13-14H,3-4,8-9,11-12,15-16H2,1-2H3/q+1. The Morgan fingerprint density at radius 2 is 1.94 bits per heavy atom. The number of ether oxygens (including phenoxy) is 1. The fourth-order valence-electron chi connectivity index (χ4n) is 4.06. The summed E-state index contributed by atoms with van der Waals surface area (Å²) < 4.78 is 22.9. The van der Waals surface area contributed by atoms with Gasteiger partial charge in [0.2, 0.25) is 5.91 Å². The zero-order valence-electron chi connectivity index (χ0n) is 18.9. The molecule has 0 bridgehead atoms. The van der Waals surface area contributed by atoms with Crippen molar-refractivity contribution in [2.75, 3.05) is 38.0 Å². The first-order chi connectivity index (χ1) is 15.8. The Labute approximate surface area is 200 Å². The Bertz CT molecular complexity index is 1220. The fourth-order valence-corrected chi connectivity index (χ4v) is 4.69. The van der Waals surface area contributed by atoms with Gasteiger partial charge in [-0.05, 0) is 47.5 Å². The second-order valence-corrected chi connectivity index (χ2v) is 11.3. The van der Waals surface area contributed by atoms with E-state index in [1.54, 1.807) is 17.2 Å². The number of carbonyl (C=O) groups excluding carboxylic acids is 1. The highest BCUT2D eigenvalue weighted by atomic mass is 35.5. The summed E-state index contributed by atoms with van der Waals surface area (Å²) in [4.78, 5) is 27.9. The predicted molar refractivity (Wildman–Crippen MR) is 132 cm³/mol. The van der Waals surface area contributed by atoms with Crippen molar-refractivity contribution in [2.24, 2.45) is 0 Å². The van der Waals surface area contributed by atoms with Crippen LogP contribution in [-0.2, 0) is 33.7 Å². The fraction of sp³-hybridized carbons (Fsp3) is 0.417. The first-order valence-electron chi connectivity index (χ1n) is 10.9. The zero-order chi connectivity index (χ0) is 23.5. The number of likely N-dealkylation sites (tertiary alicyclic amines) is 1. The summed E-state index contributed by atoms with van der Waals surface area (Å²) in [6.45, 7) is 2.38. The molecule has 0 radical (unpaired) electrons. The molecule has 0 spiro atoms. The van der Waals surface area contributed by atoms with Crippen LogP contribution in [0.3, 0.4) is 0 Å². The van der Waals surface area contributed by atoms with Crippen LogP contribution in [0, 0.1) is 5.82 Å². The zero-order valence-corrected chi connectivity index (χ0v) is 20.4. The molecule has 9 heteroatoms. The van der Waals surface area contributed by atoms with Gasteiger partial charge in [0.1, 0.15) is 24.8 Å². The van der Waals surface area contributed by atoms with E-state index in [1.165, 1.54) is 16.7 Å². The number of fused-ring (bicyclic) bond motifs is 1. The molecule has 1 amide bonds. The molecule has 176 valence electrons. The second-order valence-electron chi connectivity index (χ2n) is 8.47. The van der Waals surface area contributed by atoms with Gasteiger partial charge in [-0.3, -0.25) is 9.59 Å². The molecule has 1 aliphatic rings. The summed E-state index contributed by atoms with van der Waals surface area (Å²) in [6.07, 6.45) is 9.81. The van der Waals surface area contributed by atoms with Crippen molar-refractivity contribution in [3.63, 3.8) is 0 Å². The number of amides is 1. The molecule has 3 heterocycles. The van der Waals surface area contributed by atoms with Crippen LogP contribution in [-0.4, -0.2) is 57.9 Å². The number of rotatable bonds is 8. The lowest BCUT2D eigenvalue weighted by Gasteiger charge is -2.16. The molecule has 1 fully saturated rings. The van der Waals surface area contributed by atoms with Crippen molar-refractivity contribution in [3.05, 3.63) is 57.9 Å². The molecule has 4 rings (SSSR count). The maximum atomic E-state index is 13.8. The number of hydrogen-bond donors (Lipinski definition) is 0. The van der Waals surface area contributed by atoms with Crippen LogP contribution in [0.4, 0.5) is 4.39 Å². The average molecular weight is 493 g/mol. The number of halogens is 2. The normalized spacial score (nSPS) is 14.0. The molecule has 0 saturated carbocycles. The van der Waals surface area contributed by atoms with E-state index in [2.05, 4.69) is 12.5 Å². The molecular weight excluding hydrogens is 465 g/mol. The lowest BCUT2D eigenvalue weighted by Crippen LogP contribution is -2.34. The molecule has 0 unspecified atom stereocenters. The lowest BCUT2D eigenvalue weighted by molar-refractivity contribution is -0.130. The Morgan fingerprint density at radius 3 is 2.64 bits per heavy atom. The van der Waals surface area contributed by atoms with E-state index in [4.69, 9.17) is 16.3 Å². The number of carbonyl (C=O) groups is 1. The van der Waals surface area contributed by atoms with E-state index < -0.39 is 5.82 Å². The van der Waals surface area contributed by atoms with Gasteiger partial charge in [-0.15, -0.1) is 0 Å². The summed E-state index contributed by atoms with van der Waals surface area (Å²) in [5.74, 6) is 0.388. The molecule has 0 N–H and O–H groups in total. The quantitative estimate of drug-likeness (QED) is 0.355. The van der Waals surface area contributed by atoms with Crippen molar-refractivity contribution in [2.45, 2.75) is 26.1 Å². The molecule has 0 atom stereocenters. The monoisotopic (exact) mass is 492 g/mol. The number of benzene rings is 1. The summed E-state index contributed by atoms with van der Waals surface area (Å²) in [5.41, 5.74) is 1.70. The first kappa shape index (κ1) is 23.9. The van der Waals surface area contributed by atoms with Crippen molar-refractivity contribution >= 4 is 39.3 Å². The minimum atomic E-state index is -0.518. The maximum Gasteiger partial charge on any atom is 0.261 e. The van der Waals surface area contributed by atoms with Gasteiger partial charge in [0.25, 0.3) is 5.56 Å². The van der Waals surface area contributed by atoms with Crippen LogP contribution in [0.5, 0.6) is 0 Å². The van der Waals surface area contributed by atoms with Gasteiger partial charge in [0, 0.05) is 31.0 Å². The SMILES string of the molecule is C[S+](C)CCOCn1cc(-c2ccc(F)c(Cl)c2)c2c(=O)n(CC(=O)N3CCCC3)ccc21. The van der Waals surface area contributed by atoms with Crippen LogP contribution in [0.25, 0.3) is 22.0 Å². The van der Waals surface area contributed by atoms with E-state index in [1.807, 2.05) is 16.8 Å².